The average Bonchev–Trinajstić information content (AvgIpc) is 3.48. The Hall–Kier alpha value is -2.81. The summed E-state index contributed by atoms with van der Waals surface area (Å²) in [7, 11) is -4.40. The van der Waals surface area contributed by atoms with Gasteiger partial charge in [-0.25, -0.2) is 4.57 Å². The second kappa shape index (κ2) is 68.3. The van der Waals surface area contributed by atoms with E-state index in [9.17, 15) is 19.0 Å². The highest BCUT2D eigenvalue weighted by Crippen LogP contribution is 2.43. The minimum Gasteiger partial charge on any atom is -0.462 e. The highest BCUT2D eigenvalue weighted by Gasteiger charge is 2.26. The molecular formula is C73H132NO8P. The summed E-state index contributed by atoms with van der Waals surface area (Å²) in [5.41, 5.74) is 5.40. The van der Waals surface area contributed by atoms with Gasteiger partial charge >= 0.3 is 19.8 Å². The number of carbonyl (C=O) groups excluding carboxylic acids is 2. The number of esters is 2. The molecule has 0 aromatic heterocycles. The van der Waals surface area contributed by atoms with E-state index in [-0.39, 0.29) is 38.6 Å². The minimum absolute atomic E-state index is 0.0496. The van der Waals surface area contributed by atoms with Gasteiger partial charge in [-0.3, -0.25) is 18.6 Å². The molecule has 482 valence electrons. The van der Waals surface area contributed by atoms with Crippen LogP contribution >= 0.6 is 7.82 Å². The van der Waals surface area contributed by atoms with Crippen molar-refractivity contribution < 1.29 is 37.6 Å². The SMILES string of the molecule is CC/C=C\C/C=C\C/C=C\C/C=C\C/C=C\C/C=C\CCCCCCCCCCC(=O)OC(COC(=O)CCCCCCCCCCCCCCCCCCCCCCCCC/C=C\CCCCCCCCCC)COP(=O)(O)OCCN. The van der Waals surface area contributed by atoms with E-state index in [4.69, 9.17) is 24.3 Å². The third-order valence-electron chi connectivity index (χ3n) is 15.3. The smallest absolute Gasteiger partial charge is 0.462 e. The zero-order valence-electron chi connectivity index (χ0n) is 54.2. The van der Waals surface area contributed by atoms with E-state index < -0.39 is 26.5 Å². The lowest BCUT2D eigenvalue weighted by atomic mass is 10.0. The molecule has 0 saturated heterocycles. The molecule has 0 fully saturated rings. The van der Waals surface area contributed by atoms with E-state index >= 15 is 0 Å². The Balaban J connectivity index is 3.86. The van der Waals surface area contributed by atoms with E-state index in [2.05, 4.69) is 98.9 Å². The minimum atomic E-state index is -4.40. The third-order valence-corrected chi connectivity index (χ3v) is 16.2. The fourth-order valence-electron chi connectivity index (χ4n) is 10.1. The number of hydrogen-bond acceptors (Lipinski definition) is 8. The standard InChI is InChI=1S/C73H132NO8P/c1-3-5-7-9-11-13-15-17-19-21-23-25-27-29-31-32-33-34-35-36-37-38-40-41-43-45-47-49-51-53-55-57-59-61-63-65-72(75)79-69-71(70-81-83(77,78)80-68-67-74)82-73(76)66-64-62-60-58-56-54-52-50-48-46-44-42-39-30-28-26-24-22-20-18-16-14-12-10-8-6-4-2/h6,8,12,14,18,20-21,23-24,26,30,39,44,46,71H,3-5,7,9-11,13,15-17,19,22,25,27-29,31-38,40-43,45,47-70,74H2,1-2H3,(H,77,78)/b8-6-,14-12-,20-18-,23-21-,26-24-,39-30-,46-44-. The largest absolute Gasteiger partial charge is 0.472 e. The first-order valence-corrected chi connectivity index (χ1v) is 36.6. The van der Waals surface area contributed by atoms with Gasteiger partial charge < -0.3 is 20.1 Å². The van der Waals surface area contributed by atoms with Gasteiger partial charge in [0.15, 0.2) is 6.10 Å². The van der Waals surface area contributed by atoms with Crippen LogP contribution in [0.2, 0.25) is 0 Å². The fraction of sp³-hybridized carbons (Fsp3) is 0.781. The Bertz CT molecular complexity index is 1640. The number of phosphoric ester groups is 1. The highest BCUT2D eigenvalue weighted by molar-refractivity contribution is 7.47. The number of hydrogen-bond donors (Lipinski definition) is 2. The van der Waals surface area contributed by atoms with Gasteiger partial charge in [-0.1, -0.05) is 317 Å². The molecule has 0 bridgehead atoms. The number of nitrogens with two attached hydrogens (primary N) is 1. The third kappa shape index (κ3) is 68.2. The van der Waals surface area contributed by atoms with Crippen LogP contribution in [0.15, 0.2) is 85.1 Å². The molecule has 0 aliphatic rings. The van der Waals surface area contributed by atoms with Gasteiger partial charge in [0.05, 0.1) is 13.2 Å². The number of unbranched alkanes of at least 4 members (excludes halogenated alkanes) is 39. The maximum absolute atomic E-state index is 12.8. The van der Waals surface area contributed by atoms with Crippen LogP contribution < -0.4 is 5.73 Å². The first-order chi connectivity index (χ1) is 40.8. The van der Waals surface area contributed by atoms with Crippen molar-refractivity contribution in [1.82, 2.24) is 0 Å². The van der Waals surface area contributed by atoms with Crippen LogP contribution in [0.25, 0.3) is 0 Å². The zero-order valence-corrected chi connectivity index (χ0v) is 55.1. The van der Waals surface area contributed by atoms with Crippen LogP contribution in [0.1, 0.15) is 335 Å². The van der Waals surface area contributed by atoms with E-state index in [1.165, 1.54) is 218 Å². The lowest BCUT2D eigenvalue weighted by molar-refractivity contribution is -0.161. The molecule has 2 unspecified atom stereocenters. The van der Waals surface area contributed by atoms with Gasteiger partial charge in [0.2, 0.25) is 0 Å². The number of allylic oxidation sites excluding steroid dienone is 14. The molecule has 0 rings (SSSR count). The van der Waals surface area contributed by atoms with Crippen molar-refractivity contribution >= 4 is 19.8 Å². The van der Waals surface area contributed by atoms with Crippen molar-refractivity contribution in [2.24, 2.45) is 5.73 Å². The lowest BCUT2D eigenvalue weighted by Gasteiger charge is -2.19. The van der Waals surface area contributed by atoms with E-state index in [1.807, 2.05) is 0 Å². The van der Waals surface area contributed by atoms with Crippen LogP contribution in [0, 0.1) is 0 Å². The molecule has 0 aliphatic heterocycles. The Labute approximate surface area is 513 Å². The summed E-state index contributed by atoms with van der Waals surface area (Å²) < 4.78 is 33.2. The normalized spacial score (nSPS) is 13.4. The van der Waals surface area contributed by atoms with Gasteiger partial charge in [-0.15, -0.1) is 0 Å². The molecule has 0 aromatic carbocycles. The zero-order chi connectivity index (χ0) is 60.1. The quantitative estimate of drug-likeness (QED) is 0.0264. The summed E-state index contributed by atoms with van der Waals surface area (Å²) in [5.74, 6) is -0.828. The molecule has 0 heterocycles. The molecule has 0 amide bonds. The van der Waals surface area contributed by atoms with Crippen LogP contribution in [0.4, 0.5) is 0 Å². The Morgan fingerprint density at radius 1 is 0.373 bits per heavy atom. The van der Waals surface area contributed by atoms with Crippen LogP contribution in [0.5, 0.6) is 0 Å². The molecule has 0 spiro atoms. The van der Waals surface area contributed by atoms with Crippen LogP contribution in [-0.2, 0) is 32.7 Å². The van der Waals surface area contributed by atoms with Crippen LogP contribution in [0.3, 0.4) is 0 Å². The maximum atomic E-state index is 12.8. The second-order valence-electron chi connectivity index (χ2n) is 23.4. The molecule has 0 radical (unpaired) electrons. The second-order valence-corrected chi connectivity index (χ2v) is 24.8. The molecule has 83 heavy (non-hydrogen) atoms. The molecule has 0 aromatic rings. The average molecular weight is 1180 g/mol. The highest BCUT2D eigenvalue weighted by atomic mass is 31.2. The van der Waals surface area contributed by atoms with Gasteiger partial charge in [-0.2, -0.15) is 0 Å². The first-order valence-electron chi connectivity index (χ1n) is 35.1. The van der Waals surface area contributed by atoms with Crippen molar-refractivity contribution in [1.29, 1.82) is 0 Å². The monoisotopic (exact) mass is 1180 g/mol. The van der Waals surface area contributed by atoms with Crippen molar-refractivity contribution in [3.05, 3.63) is 85.1 Å². The first kappa shape index (κ1) is 80.2. The molecule has 0 aliphatic carbocycles. The van der Waals surface area contributed by atoms with Gasteiger partial charge in [0, 0.05) is 19.4 Å². The summed E-state index contributed by atoms with van der Waals surface area (Å²) in [6.07, 6.45) is 91.1. The number of carbonyl (C=O) groups is 2. The van der Waals surface area contributed by atoms with E-state index in [1.54, 1.807) is 0 Å². The van der Waals surface area contributed by atoms with Crippen molar-refractivity contribution in [2.75, 3.05) is 26.4 Å². The van der Waals surface area contributed by atoms with Gasteiger partial charge in [0.25, 0.3) is 0 Å². The predicted molar refractivity (Wildman–Crippen MR) is 358 cm³/mol. The van der Waals surface area contributed by atoms with Gasteiger partial charge in [0.1, 0.15) is 6.61 Å². The maximum Gasteiger partial charge on any atom is 0.472 e. The fourth-order valence-corrected chi connectivity index (χ4v) is 10.9. The predicted octanol–water partition coefficient (Wildman–Crippen LogP) is 23.0. The molecule has 3 N–H and O–H groups in total. The Morgan fingerprint density at radius 3 is 1.00 bits per heavy atom. The molecule has 0 saturated carbocycles. The topological polar surface area (TPSA) is 134 Å². The lowest BCUT2D eigenvalue weighted by Crippen LogP contribution is -2.29. The summed E-state index contributed by atoms with van der Waals surface area (Å²) in [4.78, 5) is 35.3. The summed E-state index contributed by atoms with van der Waals surface area (Å²) in [6.45, 7) is 3.66. The Morgan fingerprint density at radius 2 is 0.663 bits per heavy atom. The van der Waals surface area contributed by atoms with Crippen molar-refractivity contribution in [2.45, 2.75) is 341 Å². The number of ether oxygens (including phenoxy) is 2. The Kier molecular flexibility index (Phi) is 66.0. The van der Waals surface area contributed by atoms with Gasteiger partial charge in [-0.05, 0) is 89.9 Å². The summed E-state index contributed by atoms with van der Waals surface area (Å²) in [5, 5.41) is 0. The van der Waals surface area contributed by atoms with Crippen LogP contribution in [-0.4, -0.2) is 49.3 Å². The molecule has 10 heteroatoms. The molecular weight excluding hydrogens is 1050 g/mol. The number of rotatable bonds is 66. The summed E-state index contributed by atoms with van der Waals surface area (Å²) >= 11 is 0. The summed E-state index contributed by atoms with van der Waals surface area (Å²) in [6, 6.07) is 0. The van der Waals surface area contributed by atoms with E-state index in [0.717, 1.165) is 83.5 Å². The van der Waals surface area contributed by atoms with Crippen molar-refractivity contribution in [3.63, 3.8) is 0 Å². The number of phosphoric acid groups is 1. The van der Waals surface area contributed by atoms with Crippen molar-refractivity contribution in [3.8, 4) is 0 Å². The molecule has 9 nitrogen and oxygen atoms in total. The van der Waals surface area contributed by atoms with E-state index in [0.29, 0.717) is 6.42 Å². The molecule has 2 atom stereocenters.